The van der Waals surface area contributed by atoms with Gasteiger partial charge in [0, 0.05) is 39.3 Å². The number of benzene rings is 3. The van der Waals surface area contributed by atoms with E-state index in [-0.39, 0.29) is 5.82 Å². The number of piperidine rings is 1. The van der Waals surface area contributed by atoms with Crippen molar-refractivity contribution in [2.45, 2.75) is 6.54 Å². The molecule has 206 valence electrons. The number of likely N-dealkylation sites (tertiary alicyclic amines) is 1. The number of hydrogen-bond donors (Lipinski definition) is 0. The Bertz CT molecular complexity index is 1490. The number of morpholine rings is 1. The van der Waals surface area contributed by atoms with E-state index in [1.165, 1.54) is 33.7 Å². The van der Waals surface area contributed by atoms with Crippen molar-refractivity contribution < 1.29 is 18.7 Å². The fraction of sp³-hybridized carbons (Fsp3) is 0.344. The number of rotatable bonds is 7. The van der Waals surface area contributed by atoms with Gasteiger partial charge in [-0.1, -0.05) is 36.4 Å². The molecule has 1 saturated carbocycles. The van der Waals surface area contributed by atoms with Gasteiger partial charge in [0.25, 0.3) is 0 Å². The van der Waals surface area contributed by atoms with Gasteiger partial charge in [-0.3, -0.25) is 9.80 Å². The van der Waals surface area contributed by atoms with E-state index >= 15 is 4.39 Å². The summed E-state index contributed by atoms with van der Waals surface area (Å²) in [5.41, 5.74) is 2.41. The fourth-order valence-electron chi connectivity index (χ4n) is 6.42. The molecule has 3 heterocycles. The molecule has 2 aliphatic heterocycles. The highest BCUT2D eigenvalue weighted by Gasteiger charge is 2.56. The van der Waals surface area contributed by atoms with Gasteiger partial charge in [-0.2, -0.15) is 0 Å². The monoisotopic (exact) mass is 557 g/mol. The van der Waals surface area contributed by atoms with Gasteiger partial charge in [0.1, 0.15) is 5.82 Å². The quantitative estimate of drug-likeness (QED) is 0.268. The Balaban J connectivity index is 1.04. The van der Waals surface area contributed by atoms with E-state index in [9.17, 15) is 4.79 Å². The Morgan fingerprint density at radius 1 is 0.975 bits per heavy atom. The van der Waals surface area contributed by atoms with Crippen molar-refractivity contribution in [2.24, 2.45) is 17.8 Å². The molecule has 40 heavy (non-hydrogen) atoms. The lowest BCUT2D eigenvalue weighted by molar-refractivity contribution is 0.122. The van der Waals surface area contributed by atoms with E-state index < -0.39 is 6.09 Å². The van der Waals surface area contributed by atoms with Crippen LogP contribution < -0.4 is 14.5 Å². The van der Waals surface area contributed by atoms with Crippen LogP contribution in [0.2, 0.25) is 0 Å². The van der Waals surface area contributed by atoms with Crippen LogP contribution >= 0.6 is 11.3 Å². The molecule has 1 aliphatic carbocycles. The topological polar surface area (TPSA) is 45.2 Å². The van der Waals surface area contributed by atoms with Gasteiger partial charge in [0.2, 0.25) is 0 Å². The third-order valence-corrected chi connectivity index (χ3v) is 9.30. The van der Waals surface area contributed by atoms with Gasteiger partial charge < -0.3 is 14.4 Å². The van der Waals surface area contributed by atoms with Crippen molar-refractivity contribution in [2.75, 3.05) is 55.7 Å². The Kier molecular flexibility index (Phi) is 6.91. The third kappa shape index (κ3) is 5.19. The molecule has 0 N–H and O–H groups in total. The Hall–Kier alpha value is -3.46. The summed E-state index contributed by atoms with van der Waals surface area (Å²) < 4.78 is 26.4. The predicted molar refractivity (Wildman–Crippen MR) is 157 cm³/mol. The average Bonchev–Trinajstić information content (AvgIpc) is 3.31. The molecule has 8 heteroatoms. The van der Waals surface area contributed by atoms with Crippen LogP contribution in [0, 0.1) is 23.6 Å². The zero-order valence-electron chi connectivity index (χ0n) is 22.2. The summed E-state index contributed by atoms with van der Waals surface area (Å²) in [7, 11) is 0. The molecule has 1 amide bonds. The third-order valence-electron chi connectivity index (χ3n) is 8.56. The zero-order chi connectivity index (χ0) is 27.1. The van der Waals surface area contributed by atoms with Crippen LogP contribution in [0.4, 0.5) is 20.6 Å². The molecule has 2 atom stereocenters. The first kappa shape index (κ1) is 25.5. The summed E-state index contributed by atoms with van der Waals surface area (Å²) >= 11 is 1.37. The first-order valence-electron chi connectivity index (χ1n) is 14.0. The van der Waals surface area contributed by atoms with Gasteiger partial charge in [-0.05, 0) is 75.9 Å². The Morgan fingerprint density at radius 3 is 2.52 bits per heavy atom. The lowest BCUT2D eigenvalue weighted by atomic mass is 10.1. The van der Waals surface area contributed by atoms with Crippen molar-refractivity contribution >= 4 is 39.6 Å². The number of halogens is 1. The molecule has 2 unspecified atom stereocenters. The molecule has 1 aromatic heterocycles. The van der Waals surface area contributed by atoms with Crippen LogP contribution in [0.1, 0.15) is 5.56 Å². The maximum absolute atomic E-state index is 15.3. The molecule has 4 aromatic rings. The van der Waals surface area contributed by atoms with Crippen molar-refractivity contribution in [3.8, 4) is 5.06 Å². The smallest absolute Gasteiger partial charge is 0.399 e. The maximum atomic E-state index is 15.3. The minimum atomic E-state index is -0.459. The lowest BCUT2D eigenvalue weighted by Crippen LogP contribution is -2.38. The van der Waals surface area contributed by atoms with Crippen LogP contribution in [0.15, 0.2) is 78.2 Å². The van der Waals surface area contributed by atoms with Gasteiger partial charge in [0.15, 0.2) is 5.06 Å². The van der Waals surface area contributed by atoms with Crippen molar-refractivity contribution in [1.29, 1.82) is 0 Å². The summed E-state index contributed by atoms with van der Waals surface area (Å²) in [6.45, 7) is 5.97. The number of nitrogens with zero attached hydrogens (tertiary/aromatic N) is 3. The van der Waals surface area contributed by atoms with Gasteiger partial charge in [-0.15, -0.1) is 11.3 Å². The number of carbonyl (C=O) groups is 1. The van der Waals surface area contributed by atoms with Gasteiger partial charge in [0.05, 0.1) is 24.6 Å². The first-order valence-corrected chi connectivity index (χ1v) is 14.9. The minimum Gasteiger partial charge on any atom is -0.399 e. The average molecular weight is 558 g/mol. The summed E-state index contributed by atoms with van der Waals surface area (Å²) in [5, 5.41) is 4.95. The summed E-state index contributed by atoms with van der Waals surface area (Å²) in [4.78, 5) is 19.5. The van der Waals surface area contributed by atoms with Crippen molar-refractivity contribution in [1.82, 2.24) is 4.90 Å². The minimum absolute atomic E-state index is 0.328. The molecule has 3 aliphatic rings. The van der Waals surface area contributed by atoms with E-state index in [1.54, 1.807) is 17.0 Å². The van der Waals surface area contributed by atoms with E-state index in [1.807, 2.05) is 22.4 Å². The summed E-state index contributed by atoms with van der Waals surface area (Å²) in [6, 6.07) is 23.9. The first-order chi connectivity index (χ1) is 19.6. The number of anilines is 2. The normalized spacial score (nSPS) is 22.3. The molecule has 3 fully saturated rings. The lowest BCUT2D eigenvalue weighted by Gasteiger charge is -2.30. The highest BCUT2D eigenvalue weighted by molar-refractivity contribution is 7.11. The Labute approximate surface area is 237 Å². The van der Waals surface area contributed by atoms with E-state index in [2.05, 4.69) is 47.4 Å². The molecule has 3 aromatic carbocycles. The number of ether oxygens (including phenoxy) is 2. The van der Waals surface area contributed by atoms with E-state index in [0.717, 1.165) is 19.6 Å². The molecular weight excluding hydrogens is 525 g/mol. The fourth-order valence-corrected chi connectivity index (χ4v) is 6.98. The van der Waals surface area contributed by atoms with Gasteiger partial charge >= 0.3 is 6.09 Å². The molecule has 6 nitrogen and oxygen atoms in total. The van der Waals surface area contributed by atoms with Crippen molar-refractivity contribution in [3.05, 3.63) is 89.6 Å². The zero-order valence-corrected chi connectivity index (χ0v) is 23.1. The highest BCUT2D eigenvalue weighted by Crippen LogP contribution is 2.52. The second-order valence-electron chi connectivity index (χ2n) is 11.0. The van der Waals surface area contributed by atoms with Crippen LogP contribution in [-0.4, -0.2) is 56.9 Å². The summed E-state index contributed by atoms with van der Waals surface area (Å²) in [6.07, 6.45) is -0.459. The second kappa shape index (κ2) is 10.8. The van der Waals surface area contributed by atoms with Crippen molar-refractivity contribution in [3.63, 3.8) is 0 Å². The molecule has 0 spiro atoms. The van der Waals surface area contributed by atoms with Crippen LogP contribution in [0.5, 0.6) is 5.06 Å². The second-order valence-corrected chi connectivity index (χ2v) is 11.9. The predicted octanol–water partition coefficient (Wildman–Crippen LogP) is 6.26. The standard InChI is InChI=1S/C32H32FN3O3S/c33-29-17-25(9-10-30(29)35-11-13-38-14-12-35)36(32(37)39-31-6-3-15-40-31)21-28-26-19-34(20-27(26)28)18-22-7-8-23-4-1-2-5-24(23)16-22/h1-10,15-17,26-28H,11-14,18-21H2. The van der Waals surface area contributed by atoms with Crippen LogP contribution in [0.3, 0.4) is 0 Å². The summed E-state index contributed by atoms with van der Waals surface area (Å²) in [5.74, 6) is 1.13. The number of fused-ring (bicyclic) bond motifs is 2. The number of amides is 1. The van der Waals surface area contributed by atoms with E-state index in [0.29, 0.717) is 67.0 Å². The molecule has 0 radical (unpaired) electrons. The van der Waals surface area contributed by atoms with E-state index in [4.69, 9.17) is 9.47 Å². The number of hydrogen-bond acceptors (Lipinski definition) is 6. The van der Waals surface area contributed by atoms with Crippen LogP contribution in [-0.2, 0) is 11.3 Å². The largest absolute Gasteiger partial charge is 0.420 e. The molecule has 0 bridgehead atoms. The molecule has 2 saturated heterocycles. The number of thiophene rings is 1. The van der Waals surface area contributed by atoms with Crippen LogP contribution in [0.25, 0.3) is 10.8 Å². The molecular formula is C32H32FN3O3S. The Morgan fingerprint density at radius 2 is 1.77 bits per heavy atom. The number of carbonyl (C=O) groups excluding carboxylic acids is 1. The molecule has 7 rings (SSSR count). The maximum Gasteiger partial charge on any atom is 0.420 e. The highest BCUT2D eigenvalue weighted by atomic mass is 32.1. The van der Waals surface area contributed by atoms with Gasteiger partial charge in [-0.25, -0.2) is 9.18 Å². The SMILES string of the molecule is O=C(Oc1cccs1)N(CC1C2CN(Cc3ccc4ccccc4c3)CC21)c1ccc(N2CCOCC2)c(F)c1.